The summed E-state index contributed by atoms with van der Waals surface area (Å²) in [5, 5.41) is 12.5. The number of fused-ring (bicyclic) bond motifs is 1. The molecule has 2 aromatic carbocycles. The van der Waals surface area contributed by atoms with E-state index in [4.69, 9.17) is 5.11 Å². The molecule has 7 heteroatoms. The predicted octanol–water partition coefficient (Wildman–Crippen LogP) is 4.83. The molecule has 0 spiro atoms. The number of amides is 1. The number of nitrogens with zero attached hydrogens (tertiary/aromatic N) is 1. The first-order chi connectivity index (χ1) is 15.2. The highest BCUT2D eigenvalue weighted by atomic mass is 19.1. The fraction of sp³-hybridized carbons (Fsp3) is 0.320. The Morgan fingerprint density at radius 2 is 1.78 bits per heavy atom. The van der Waals surface area contributed by atoms with Crippen molar-refractivity contribution in [2.45, 2.75) is 45.6 Å². The van der Waals surface area contributed by atoms with Gasteiger partial charge in [-0.15, -0.1) is 0 Å². The summed E-state index contributed by atoms with van der Waals surface area (Å²) >= 11 is 0. The second kappa shape index (κ2) is 8.22. The predicted molar refractivity (Wildman–Crippen MR) is 119 cm³/mol. The van der Waals surface area contributed by atoms with E-state index >= 15 is 0 Å². The lowest BCUT2D eigenvalue weighted by Crippen LogP contribution is -2.39. The summed E-state index contributed by atoms with van der Waals surface area (Å²) in [7, 11) is 0. The van der Waals surface area contributed by atoms with Crippen LogP contribution in [0.1, 0.15) is 51.1 Å². The monoisotopic (exact) mass is 436 g/mol. The number of hydrogen-bond acceptors (Lipinski definition) is 4. The molecule has 1 atom stereocenters. The van der Waals surface area contributed by atoms with Gasteiger partial charge in [0.1, 0.15) is 5.82 Å². The van der Waals surface area contributed by atoms with Crippen molar-refractivity contribution in [1.82, 2.24) is 0 Å². The lowest BCUT2D eigenvalue weighted by molar-refractivity contribution is -0.138. The van der Waals surface area contributed by atoms with Crippen molar-refractivity contribution >= 4 is 29.0 Å². The third-order valence-corrected chi connectivity index (χ3v) is 5.91. The normalized spacial score (nSPS) is 19.5. The number of benzene rings is 2. The number of rotatable bonds is 4. The van der Waals surface area contributed by atoms with Crippen LogP contribution in [0.2, 0.25) is 0 Å². The molecule has 32 heavy (non-hydrogen) atoms. The van der Waals surface area contributed by atoms with Crippen molar-refractivity contribution in [3.05, 3.63) is 71.2 Å². The number of hydrogen-bond donors (Lipinski definition) is 2. The number of allylic oxidation sites excluding steroid dienone is 1. The Bertz CT molecular complexity index is 1120. The van der Waals surface area contributed by atoms with Crippen molar-refractivity contribution in [1.29, 1.82) is 0 Å². The summed E-state index contributed by atoms with van der Waals surface area (Å²) in [6, 6.07) is 12.2. The van der Waals surface area contributed by atoms with Crippen molar-refractivity contribution < 1.29 is 23.9 Å². The van der Waals surface area contributed by atoms with Gasteiger partial charge in [-0.3, -0.25) is 19.3 Å². The van der Waals surface area contributed by atoms with E-state index in [1.54, 1.807) is 24.3 Å². The van der Waals surface area contributed by atoms with Gasteiger partial charge >= 0.3 is 5.97 Å². The Hall–Kier alpha value is -3.48. The number of carbonyl (C=O) groups is 3. The summed E-state index contributed by atoms with van der Waals surface area (Å²) < 4.78 is 13.7. The summed E-state index contributed by atoms with van der Waals surface area (Å²) in [4.78, 5) is 39.5. The van der Waals surface area contributed by atoms with Gasteiger partial charge in [0, 0.05) is 24.1 Å². The summed E-state index contributed by atoms with van der Waals surface area (Å²) in [6.07, 6.45) is 0.383. The zero-order valence-electron chi connectivity index (χ0n) is 18.0. The van der Waals surface area contributed by atoms with Gasteiger partial charge in [0.2, 0.25) is 5.91 Å². The van der Waals surface area contributed by atoms with Crippen LogP contribution < -0.4 is 10.2 Å². The zero-order valence-corrected chi connectivity index (χ0v) is 18.0. The van der Waals surface area contributed by atoms with Crippen LogP contribution in [0.5, 0.6) is 0 Å². The van der Waals surface area contributed by atoms with Crippen molar-refractivity contribution in [3.8, 4) is 0 Å². The molecule has 2 aliphatic rings. The lowest BCUT2D eigenvalue weighted by atomic mass is 9.73. The Morgan fingerprint density at radius 1 is 1.09 bits per heavy atom. The third-order valence-electron chi connectivity index (χ3n) is 5.91. The van der Waals surface area contributed by atoms with Gasteiger partial charge in [-0.25, -0.2) is 4.39 Å². The van der Waals surface area contributed by atoms with E-state index in [1.165, 1.54) is 17.0 Å². The fourth-order valence-corrected chi connectivity index (χ4v) is 4.56. The van der Waals surface area contributed by atoms with Crippen LogP contribution in [0.4, 0.5) is 15.8 Å². The van der Waals surface area contributed by atoms with Gasteiger partial charge in [0.15, 0.2) is 5.78 Å². The van der Waals surface area contributed by atoms with E-state index in [0.717, 1.165) is 5.70 Å². The van der Waals surface area contributed by atoms with Gasteiger partial charge in [0.25, 0.3) is 0 Å². The zero-order chi connectivity index (χ0) is 23.0. The lowest BCUT2D eigenvalue weighted by Gasteiger charge is -2.37. The van der Waals surface area contributed by atoms with Gasteiger partial charge < -0.3 is 10.4 Å². The quantitative estimate of drug-likeness (QED) is 0.717. The maximum absolute atomic E-state index is 13.7. The highest BCUT2D eigenvalue weighted by Gasteiger charge is 2.43. The molecule has 1 amide bonds. The minimum absolute atomic E-state index is 0.0816. The number of ketones is 1. The van der Waals surface area contributed by atoms with Gasteiger partial charge in [-0.2, -0.15) is 0 Å². The maximum atomic E-state index is 13.7. The van der Waals surface area contributed by atoms with Crippen LogP contribution in [0.3, 0.4) is 0 Å². The highest BCUT2D eigenvalue weighted by Crippen LogP contribution is 2.48. The number of anilines is 2. The first kappa shape index (κ1) is 21.7. The molecule has 1 aliphatic carbocycles. The number of para-hydroxylation sites is 2. The van der Waals surface area contributed by atoms with Crippen molar-refractivity contribution in [3.63, 3.8) is 0 Å². The molecule has 4 rings (SSSR count). The average Bonchev–Trinajstić information content (AvgIpc) is 2.86. The number of aliphatic carboxylic acids is 1. The molecule has 0 fully saturated rings. The second-order valence-electron chi connectivity index (χ2n) is 9.09. The largest absolute Gasteiger partial charge is 0.481 e. The minimum Gasteiger partial charge on any atom is -0.481 e. The van der Waals surface area contributed by atoms with Gasteiger partial charge in [-0.1, -0.05) is 38.1 Å². The summed E-state index contributed by atoms with van der Waals surface area (Å²) in [6.45, 7) is 4.05. The molecule has 2 aromatic rings. The van der Waals surface area contributed by atoms with Crippen LogP contribution >= 0.6 is 0 Å². The first-order valence-corrected chi connectivity index (χ1v) is 10.6. The van der Waals surface area contributed by atoms with Crippen molar-refractivity contribution in [2.24, 2.45) is 5.41 Å². The van der Waals surface area contributed by atoms with E-state index in [9.17, 15) is 18.8 Å². The Labute approximate surface area is 185 Å². The highest BCUT2D eigenvalue weighted by molar-refractivity contribution is 6.06. The van der Waals surface area contributed by atoms with Crippen LogP contribution in [0.15, 0.2) is 59.8 Å². The molecular formula is C25H25FN2O4. The van der Waals surface area contributed by atoms with Crippen molar-refractivity contribution in [2.75, 3.05) is 10.2 Å². The standard InChI is InChI=1S/C25H25FN2O4/c1-25(2)13-18-23(20(29)14-25)24(15-7-9-16(26)10-8-15)28(21(30)11-12-22(31)32)19-6-4-3-5-17(19)27-18/h3-10,24,27H,11-14H2,1-2H3,(H,31,32)/t24-/m0/s1. The molecule has 0 radical (unpaired) electrons. The molecule has 1 aliphatic heterocycles. The second-order valence-corrected chi connectivity index (χ2v) is 9.09. The SMILES string of the molecule is CC1(C)CC(=O)C2=C(C1)Nc1ccccc1N(C(=O)CCC(=O)O)[C@H]2c1ccc(F)cc1. The molecule has 0 saturated heterocycles. The van der Waals surface area contributed by atoms with Crippen LogP contribution in [0.25, 0.3) is 0 Å². The number of carboxylic acid groups (broad SMARTS) is 1. The van der Waals surface area contributed by atoms with Gasteiger partial charge in [0.05, 0.1) is 23.8 Å². The molecule has 0 unspecified atom stereocenters. The fourth-order valence-electron chi connectivity index (χ4n) is 4.56. The van der Waals surface area contributed by atoms with E-state index < -0.39 is 23.7 Å². The Balaban J connectivity index is 1.95. The molecule has 0 bridgehead atoms. The van der Waals surface area contributed by atoms with E-state index in [0.29, 0.717) is 35.4 Å². The molecule has 0 aromatic heterocycles. The summed E-state index contributed by atoms with van der Waals surface area (Å²) in [5.41, 5.74) is 2.76. The number of carbonyl (C=O) groups excluding carboxylic acids is 2. The molecule has 1 heterocycles. The molecule has 6 nitrogen and oxygen atoms in total. The van der Waals surface area contributed by atoms with Gasteiger partial charge in [-0.05, 0) is 41.7 Å². The minimum atomic E-state index is -1.08. The average molecular weight is 436 g/mol. The summed E-state index contributed by atoms with van der Waals surface area (Å²) in [5.74, 6) is -1.99. The van der Waals surface area contributed by atoms with Crippen LogP contribution in [-0.2, 0) is 14.4 Å². The third kappa shape index (κ3) is 4.15. The number of Topliss-reactive ketones (excluding diaryl/α,β-unsaturated/α-hetero) is 1. The smallest absolute Gasteiger partial charge is 0.303 e. The van der Waals surface area contributed by atoms with E-state index in [-0.39, 0.29) is 24.0 Å². The number of nitrogens with one attached hydrogen (secondary N) is 1. The first-order valence-electron chi connectivity index (χ1n) is 10.6. The number of halogens is 1. The van der Waals surface area contributed by atoms with E-state index in [2.05, 4.69) is 5.32 Å². The number of carboxylic acids is 1. The molecule has 166 valence electrons. The van der Waals surface area contributed by atoms with Crippen LogP contribution in [0, 0.1) is 11.2 Å². The molecule has 0 saturated carbocycles. The maximum Gasteiger partial charge on any atom is 0.303 e. The van der Waals surface area contributed by atoms with E-state index in [1.807, 2.05) is 26.0 Å². The molecule has 2 N–H and O–H groups in total. The Morgan fingerprint density at radius 3 is 2.47 bits per heavy atom. The topological polar surface area (TPSA) is 86.7 Å². The van der Waals surface area contributed by atoms with Crippen LogP contribution in [-0.4, -0.2) is 22.8 Å². The molecular weight excluding hydrogens is 411 g/mol. The Kier molecular flexibility index (Phi) is 5.59.